The lowest BCUT2D eigenvalue weighted by Gasteiger charge is -2.12. The summed E-state index contributed by atoms with van der Waals surface area (Å²) >= 11 is 0. The van der Waals surface area contributed by atoms with Crippen molar-refractivity contribution < 1.29 is 4.79 Å². The molecule has 2 rings (SSSR count). The lowest BCUT2D eigenvalue weighted by molar-refractivity contribution is -0.122. The third-order valence-corrected chi connectivity index (χ3v) is 3.09. The van der Waals surface area contributed by atoms with Crippen LogP contribution in [0.15, 0.2) is 36.7 Å². The van der Waals surface area contributed by atoms with Crippen LogP contribution in [0.3, 0.4) is 0 Å². The number of carbonyl (C=O) groups excluding carboxylic acids is 1. The largest absolute Gasteiger partial charge is 0.347 e. The molecule has 1 aromatic heterocycles. The van der Waals surface area contributed by atoms with Gasteiger partial charge in [0.2, 0.25) is 5.91 Å². The number of benzene rings is 1. The average Bonchev–Trinajstić information content (AvgIpc) is 2.93. The Morgan fingerprint density at radius 1 is 1.32 bits per heavy atom. The Morgan fingerprint density at radius 3 is 2.64 bits per heavy atom. The number of hydrogen-bond acceptors (Lipinski definition) is 4. The van der Waals surface area contributed by atoms with Crippen LogP contribution in [0.4, 0.5) is 0 Å². The van der Waals surface area contributed by atoms with Crippen molar-refractivity contribution in [2.45, 2.75) is 32.5 Å². The molecule has 1 aromatic carbocycles. The third kappa shape index (κ3) is 5.63. The van der Waals surface area contributed by atoms with Gasteiger partial charge in [-0.15, -0.1) is 35.0 Å². The summed E-state index contributed by atoms with van der Waals surface area (Å²) in [5.74, 6) is 0.548. The number of rotatable bonds is 6. The summed E-state index contributed by atoms with van der Waals surface area (Å²) in [7, 11) is 0. The van der Waals surface area contributed by atoms with Crippen LogP contribution in [-0.2, 0) is 24.3 Å². The second-order valence-electron chi connectivity index (χ2n) is 4.55. The smallest absolute Gasteiger partial charge is 0.237 e. The van der Waals surface area contributed by atoms with Crippen LogP contribution in [0, 0.1) is 0 Å². The van der Waals surface area contributed by atoms with Crippen molar-refractivity contribution in [1.82, 2.24) is 20.1 Å². The minimum Gasteiger partial charge on any atom is -0.347 e. The highest BCUT2D eigenvalue weighted by Crippen LogP contribution is 2.02. The molecule has 0 aliphatic carbocycles. The Kier molecular flexibility index (Phi) is 9.40. The van der Waals surface area contributed by atoms with Crippen LogP contribution in [0.25, 0.3) is 0 Å². The van der Waals surface area contributed by atoms with Crippen LogP contribution in [0.2, 0.25) is 0 Å². The van der Waals surface area contributed by atoms with Gasteiger partial charge < -0.3 is 15.6 Å². The number of halogens is 2. The van der Waals surface area contributed by atoms with Gasteiger partial charge in [0.25, 0.3) is 0 Å². The normalized spacial score (nSPS) is 11.0. The Bertz CT molecular complexity index is 561. The predicted octanol–water partition coefficient (Wildman–Crippen LogP) is 1.33. The first-order valence-corrected chi connectivity index (χ1v) is 6.64. The Labute approximate surface area is 142 Å². The minimum absolute atomic E-state index is 0. The molecule has 0 saturated heterocycles. The minimum atomic E-state index is -0.560. The van der Waals surface area contributed by atoms with E-state index in [0.717, 1.165) is 17.9 Å². The van der Waals surface area contributed by atoms with Gasteiger partial charge in [-0.3, -0.25) is 4.79 Å². The van der Waals surface area contributed by atoms with Crippen molar-refractivity contribution in [2.75, 3.05) is 0 Å². The number of amides is 1. The lowest BCUT2D eigenvalue weighted by Crippen LogP contribution is -2.42. The molecule has 1 atom stereocenters. The zero-order chi connectivity index (χ0) is 14.4. The highest BCUT2D eigenvalue weighted by Gasteiger charge is 2.14. The second kappa shape index (κ2) is 10.2. The van der Waals surface area contributed by atoms with Gasteiger partial charge in [-0.25, -0.2) is 0 Å². The van der Waals surface area contributed by atoms with E-state index in [9.17, 15) is 4.79 Å². The molecule has 0 aliphatic rings. The van der Waals surface area contributed by atoms with E-state index in [0.29, 0.717) is 13.0 Å². The van der Waals surface area contributed by atoms with E-state index >= 15 is 0 Å². The van der Waals surface area contributed by atoms with E-state index < -0.39 is 6.04 Å². The summed E-state index contributed by atoms with van der Waals surface area (Å²) in [6, 6.07) is 9.16. The van der Waals surface area contributed by atoms with Gasteiger partial charge >= 0.3 is 0 Å². The number of nitrogens with two attached hydrogens (primary N) is 1. The summed E-state index contributed by atoms with van der Waals surface area (Å²) in [6.07, 6.45) is 2.17. The van der Waals surface area contributed by atoms with Gasteiger partial charge in [0.05, 0.1) is 12.6 Å². The summed E-state index contributed by atoms with van der Waals surface area (Å²) in [5.41, 5.74) is 6.95. The van der Waals surface area contributed by atoms with E-state index in [2.05, 4.69) is 15.5 Å². The maximum absolute atomic E-state index is 11.9. The van der Waals surface area contributed by atoms with Crippen LogP contribution >= 0.6 is 24.8 Å². The molecule has 1 heterocycles. The summed E-state index contributed by atoms with van der Waals surface area (Å²) in [5, 5.41) is 10.6. The van der Waals surface area contributed by atoms with Gasteiger partial charge in [0, 0.05) is 6.54 Å². The highest BCUT2D eigenvalue weighted by molar-refractivity contribution is 5.85. The molecule has 2 aromatic rings. The van der Waals surface area contributed by atoms with Crippen molar-refractivity contribution in [1.29, 1.82) is 0 Å². The first kappa shape index (κ1) is 20.4. The molecular formula is C14H21Cl2N5O. The van der Waals surface area contributed by atoms with Gasteiger partial charge in [-0.1, -0.05) is 30.3 Å². The summed E-state index contributed by atoms with van der Waals surface area (Å²) in [6.45, 7) is 3.11. The van der Waals surface area contributed by atoms with Crippen molar-refractivity contribution in [2.24, 2.45) is 5.73 Å². The van der Waals surface area contributed by atoms with Crippen molar-refractivity contribution in [3.8, 4) is 0 Å². The molecule has 0 aliphatic heterocycles. The zero-order valence-corrected chi connectivity index (χ0v) is 13.9. The van der Waals surface area contributed by atoms with E-state index in [1.165, 1.54) is 0 Å². The average molecular weight is 346 g/mol. The molecule has 22 heavy (non-hydrogen) atoms. The number of hydrogen-bond donors (Lipinski definition) is 2. The number of aromatic nitrogens is 3. The molecule has 0 fully saturated rings. The molecule has 0 radical (unpaired) electrons. The summed E-state index contributed by atoms with van der Waals surface area (Å²) < 4.78 is 1.88. The fourth-order valence-corrected chi connectivity index (χ4v) is 1.94. The number of nitrogens with zero attached hydrogens (tertiary/aromatic N) is 3. The van der Waals surface area contributed by atoms with Gasteiger partial charge in [-0.05, 0) is 18.9 Å². The molecular weight excluding hydrogens is 325 g/mol. The standard InChI is InChI=1S/C14H19N5O.2ClH/c1-2-19-10-17-18-13(19)9-16-14(20)12(15)8-11-6-4-3-5-7-11;;/h3-7,10,12H,2,8-9,15H2,1H3,(H,16,20);2*1H. The molecule has 0 bridgehead atoms. The van der Waals surface area contributed by atoms with E-state index in [4.69, 9.17) is 5.73 Å². The maximum Gasteiger partial charge on any atom is 0.237 e. The van der Waals surface area contributed by atoms with Gasteiger partial charge in [0.1, 0.15) is 6.33 Å². The summed E-state index contributed by atoms with van der Waals surface area (Å²) in [4.78, 5) is 11.9. The Morgan fingerprint density at radius 2 is 2.00 bits per heavy atom. The molecule has 0 spiro atoms. The van der Waals surface area contributed by atoms with Gasteiger partial charge in [-0.2, -0.15) is 0 Å². The van der Waals surface area contributed by atoms with E-state index in [1.807, 2.05) is 41.8 Å². The first-order chi connectivity index (χ1) is 9.70. The monoisotopic (exact) mass is 345 g/mol. The Balaban J connectivity index is 0.00000220. The molecule has 1 unspecified atom stereocenters. The van der Waals surface area contributed by atoms with Crippen LogP contribution in [0.1, 0.15) is 18.3 Å². The van der Waals surface area contributed by atoms with Crippen molar-refractivity contribution in [3.05, 3.63) is 48.0 Å². The Hall–Kier alpha value is -1.63. The van der Waals surface area contributed by atoms with Crippen LogP contribution < -0.4 is 11.1 Å². The molecule has 1 amide bonds. The zero-order valence-electron chi connectivity index (χ0n) is 12.3. The number of carbonyl (C=O) groups is 1. The molecule has 0 saturated carbocycles. The van der Waals surface area contributed by atoms with Crippen molar-refractivity contribution >= 4 is 30.7 Å². The maximum atomic E-state index is 11.9. The molecule has 3 N–H and O–H groups in total. The second-order valence-corrected chi connectivity index (χ2v) is 4.55. The predicted molar refractivity (Wildman–Crippen MR) is 90.2 cm³/mol. The van der Waals surface area contributed by atoms with E-state index in [-0.39, 0.29) is 30.7 Å². The lowest BCUT2D eigenvalue weighted by atomic mass is 10.1. The third-order valence-electron chi connectivity index (χ3n) is 3.09. The fraction of sp³-hybridized carbons (Fsp3) is 0.357. The van der Waals surface area contributed by atoms with Crippen LogP contribution in [-0.4, -0.2) is 26.7 Å². The molecule has 8 heteroatoms. The number of nitrogens with one attached hydrogen (secondary N) is 1. The fourth-order valence-electron chi connectivity index (χ4n) is 1.94. The van der Waals surface area contributed by atoms with E-state index in [1.54, 1.807) is 6.33 Å². The topological polar surface area (TPSA) is 85.8 Å². The molecule has 6 nitrogen and oxygen atoms in total. The first-order valence-electron chi connectivity index (χ1n) is 6.64. The van der Waals surface area contributed by atoms with Gasteiger partial charge in [0.15, 0.2) is 5.82 Å². The van der Waals surface area contributed by atoms with Crippen molar-refractivity contribution in [3.63, 3.8) is 0 Å². The van der Waals surface area contributed by atoms with Crippen LogP contribution in [0.5, 0.6) is 0 Å². The highest BCUT2D eigenvalue weighted by atomic mass is 35.5. The number of aryl methyl sites for hydroxylation is 1. The molecule has 122 valence electrons. The quantitative estimate of drug-likeness (QED) is 0.826. The SMILES string of the molecule is CCn1cnnc1CNC(=O)C(N)Cc1ccccc1.Cl.Cl.